The van der Waals surface area contributed by atoms with Crippen LogP contribution in [0.25, 0.3) is 0 Å². The Morgan fingerprint density at radius 3 is 2.38 bits per heavy atom. The highest BCUT2D eigenvalue weighted by Gasteiger charge is 2.41. The van der Waals surface area contributed by atoms with Gasteiger partial charge in [-0.05, 0) is 26.2 Å². The first-order chi connectivity index (χ1) is 12.4. The van der Waals surface area contributed by atoms with E-state index >= 15 is 0 Å². The highest BCUT2D eigenvalue weighted by atomic mass is 19.4. The predicted molar refractivity (Wildman–Crippen MR) is 97.5 cm³/mol. The molecule has 1 aliphatic carbocycles. The van der Waals surface area contributed by atoms with Gasteiger partial charge in [0.05, 0.1) is 6.10 Å². The number of ether oxygens (including phenoxy) is 1. The first-order valence-corrected chi connectivity index (χ1v) is 9.79. The first kappa shape index (κ1) is 21.3. The number of alkyl halides is 3. The molecule has 0 aromatic heterocycles. The Kier molecular flexibility index (Phi) is 8.47. The highest BCUT2D eigenvalue weighted by molar-refractivity contribution is 5.79. The van der Waals surface area contributed by atoms with Crippen LogP contribution >= 0.6 is 0 Å². The minimum absolute atomic E-state index is 0.395. The van der Waals surface area contributed by atoms with Crippen molar-refractivity contribution >= 4 is 5.96 Å². The number of piperazine rings is 1. The van der Waals surface area contributed by atoms with Crippen LogP contribution in [0.2, 0.25) is 0 Å². The van der Waals surface area contributed by atoms with Gasteiger partial charge < -0.3 is 15.0 Å². The van der Waals surface area contributed by atoms with Crippen LogP contribution in [0.1, 0.15) is 45.4 Å². The molecule has 1 unspecified atom stereocenters. The fourth-order valence-electron chi connectivity index (χ4n) is 3.61. The Morgan fingerprint density at radius 2 is 1.81 bits per heavy atom. The Bertz CT molecular complexity index is 431. The van der Waals surface area contributed by atoms with Gasteiger partial charge in [0.1, 0.15) is 6.04 Å². The molecule has 2 fully saturated rings. The van der Waals surface area contributed by atoms with Gasteiger partial charge in [0.2, 0.25) is 0 Å². The second-order valence-electron chi connectivity index (χ2n) is 7.20. The third-order valence-electron chi connectivity index (χ3n) is 5.36. The molecule has 1 heterocycles. The third-order valence-corrected chi connectivity index (χ3v) is 5.36. The highest BCUT2D eigenvalue weighted by Crippen LogP contribution is 2.25. The maximum absolute atomic E-state index is 12.8. The number of guanidine groups is 1. The van der Waals surface area contributed by atoms with Crippen molar-refractivity contribution < 1.29 is 17.9 Å². The van der Waals surface area contributed by atoms with Crippen molar-refractivity contribution in [2.75, 3.05) is 46.4 Å². The topological polar surface area (TPSA) is 40.1 Å². The fourth-order valence-corrected chi connectivity index (χ4v) is 3.61. The summed E-state index contributed by atoms with van der Waals surface area (Å²) in [6, 6.07) is -1.39. The monoisotopic (exact) mass is 378 g/mol. The van der Waals surface area contributed by atoms with E-state index in [0.717, 1.165) is 25.5 Å². The smallest absolute Gasteiger partial charge is 0.378 e. The average Bonchev–Trinajstić information content (AvgIpc) is 2.64. The van der Waals surface area contributed by atoms with Crippen molar-refractivity contribution in [3.05, 3.63) is 0 Å². The second-order valence-corrected chi connectivity index (χ2v) is 7.20. The van der Waals surface area contributed by atoms with Crippen LogP contribution in [0.4, 0.5) is 13.2 Å². The average molecular weight is 378 g/mol. The molecule has 26 heavy (non-hydrogen) atoms. The van der Waals surface area contributed by atoms with Gasteiger partial charge in [-0.25, -0.2) is 0 Å². The zero-order valence-electron chi connectivity index (χ0n) is 16.0. The summed E-state index contributed by atoms with van der Waals surface area (Å²) >= 11 is 0. The third kappa shape index (κ3) is 6.61. The molecule has 0 radical (unpaired) electrons. The number of rotatable bonds is 6. The van der Waals surface area contributed by atoms with E-state index in [1.54, 1.807) is 7.05 Å². The van der Waals surface area contributed by atoms with Crippen LogP contribution in [-0.4, -0.2) is 80.5 Å². The van der Waals surface area contributed by atoms with Gasteiger partial charge in [-0.15, -0.1) is 0 Å². The van der Waals surface area contributed by atoms with Crippen LogP contribution in [-0.2, 0) is 4.74 Å². The summed E-state index contributed by atoms with van der Waals surface area (Å²) in [7, 11) is 1.71. The van der Waals surface area contributed by atoms with Gasteiger partial charge >= 0.3 is 6.18 Å². The van der Waals surface area contributed by atoms with Crippen LogP contribution < -0.4 is 5.32 Å². The van der Waals surface area contributed by atoms with Crippen molar-refractivity contribution in [2.45, 2.75) is 63.8 Å². The maximum atomic E-state index is 12.8. The van der Waals surface area contributed by atoms with Gasteiger partial charge in [0, 0.05) is 46.4 Å². The van der Waals surface area contributed by atoms with Gasteiger partial charge in [0.15, 0.2) is 5.96 Å². The molecule has 2 rings (SSSR count). The van der Waals surface area contributed by atoms with Gasteiger partial charge in [0.25, 0.3) is 0 Å². The van der Waals surface area contributed by atoms with Crippen molar-refractivity contribution in [3.8, 4) is 0 Å². The number of halogens is 3. The van der Waals surface area contributed by atoms with Gasteiger partial charge in [-0.1, -0.05) is 19.3 Å². The van der Waals surface area contributed by atoms with Crippen molar-refractivity contribution in [1.29, 1.82) is 0 Å². The molecule has 2 aliphatic rings. The van der Waals surface area contributed by atoms with E-state index in [0.29, 0.717) is 32.3 Å². The van der Waals surface area contributed by atoms with Gasteiger partial charge in [-0.3, -0.25) is 9.89 Å². The standard InChI is InChI=1S/C18H33F3N4O/c1-15(18(19,20)21)24-10-12-25(13-11-24)17(22-2)23-9-6-14-26-16-7-4-3-5-8-16/h15-16H,3-14H2,1-2H3,(H,22,23). The van der Waals surface area contributed by atoms with Crippen LogP contribution in [0, 0.1) is 0 Å². The number of aliphatic imine (C=N–C) groups is 1. The van der Waals surface area contributed by atoms with Crippen molar-refractivity contribution in [1.82, 2.24) is 15.1 Å². The number of nitrogens with one attached hydrogen (secondary N) is 1. The minimum Gasteiger partial charge on any atom is -0.378 e. The summed E-state index contributed by atoms with van der Waals surface area (Å²) < 4.78 is 44.4. The molecule has 5 nitrogen and oxygen atoms in total. The van der Waals surface area contributed by atoms with E-state index in [2.05, 4.69) is 10.3 Å². The zero-order valence-corrected chi connectivity index (χ0v) is 16.0. The predicted octanol–water partition coefficient (Wildman–Crippen LogP) is 2.87. The quantitative estimate of drug-likeness (QED) is 0.438. The summed E-state index contributed by atoms with van der Waals surface area (Å²) in [4.78, 5) is 7.79. The molecule has 1 saturated carbocycles. The van der Waals surface area contributed by atoms with E-state index in [4.69, 9.17) is 4.74 Å². The summed E-state index contributed by atoms with van der Waals surface area (Å²) in [5, 5.41) is 3.31. The maximum Gasteiger partial charge on any atom is 0.403 e. The molecule has 152 valence electrons. The molecule has 0 spiro atoms. The number of nitrogens with zero attached hydrogens (tertiary/aromatic N) is 3. The molecule has 8 heteroatoms. The lowest BCUT2D eigenvalue weighted by Crippen LogP contribution is -2.56. The lowest BCUT2D eigenvalue weighted by molar-refractivity contribution is -0.181. The molecule has 0 aromatic rings. The molecule has 1 N–H and O–H groups in total. The minimum atomic E-state index is -4.17. The molecular formula is C18H33F3N4O. The lowest BCUT2D eigenvalue weighted by atomic mass is 9.98. The van der Waals surface area contributed by atoms with E-state index < -0.39 is 12.2 Å². The molecule has 1 saturated heterocycles. The summed E-state index contributed by atoms with van der Waals surface area (Å²) in [6.07, 6.45) is 3.38. The van der Waals surface area contributed by atoms with Crippen molar-refractivity contribution in [3.63, 3.8) is 0 Å². The van der Waals surface area contributed by atoms with Gasteiger partial charge in [-0.2, -0.15) is 13.2 Å². The van der Waals surface area contributed by atoms with E-state index in [1.807, 2.05) is 4.90 Å². The van der Waals surface area contributed by atoms with E-state index in [1.165, 1.54) is 43.9 Å². The molecule has 0 bridgehead atoms. The fraction of sp³-hybridized carbons (Fsp3) is 0.944. The lowest BCUT2D eigenvalue weighted by Gasteiger charge is -2.39. The molecule has 1 atom stereocenters. The Balaban J connectivity index is 1.63. The molecule has 0 amide bonds. The van der Waals surface area contributed by atoms with E-state index in [-0.39, 0.29) is 0 Å². The first-order valence-electron chi connectivity index (χ1n) is 9.79. The molecule has 1 aliphatic heterocycles. The molecular weight excluding hydrogens is 345 g/mol. The zero-order chi connectivity index (χ0) is 19.0. The normalized spacial score (nSPS) is 22.5. The number of hydrogen-bond acceptors (Lipinski definition) is 3. The number of hydrogen-bond donors (Lipinski definition) is 1. The Morgan fingerprint density at radius 1 is 1.15 bits per heavy atom. The summed E-state index contributed by atoms with van der Waals surface area (Å²) in [5.74, 6) is 0.766. The molecule has 0 aromatic carbocycles. The van der Waals surface area contributed by atoms with Crippen molar-refractivity contribution in [2.24, 2.45) is 4.99 Å². The summed E-state index contributed by atoms with van der Waals surface area (Å²) in [5.41, 5.74) is 0. The summed E-state index contributed by atoms with van der Waals surface area (Å²) in [6.45, 7) is 4.63. The SMILES string of the molecule is CN=C(NCCCOC1CCCCC1)N1CCN(C(C)C(F)(F)F)CC1. The van der Waals surface area contributed by atoms with Crippen LogP contribution in [0.3, 0.4) is 0 Å². The largest absolute Gasteiger partial charge is 0.403 e. The Hall–Kier alpha value is -1.02. The van der Waals surface area contributed by atoms with E-state index in [9.17, 15) is 13.2 Å². The Labute approximate surface area is 155 Å². The van der Waals surface area contributed by atoms with Crippen LogP contribution in [0.15, 0.2) is 4.99 Å². The second kappa shape index (κ2) is 10.3. The van der Waals surface area contributed by atoms with Crippen LogP contribution in [0.5, 0.6) is 0 Å².